The molecule has 0 unspecified atom stereocenters. The highest BCUT2D eigenvalue weighted by molar-refractivity contribution is 7.19. The second kappa shape index (κ2) is 3.67. The molecular formula is C11H11N5OS. The first-order valence-corrected chi connectivity index (χ1v) is 6.16. The van der Waals surface area contributed by atoms with E-state index >= 15 is 0 Å². The summed E-state index contributed by atoms with van der Waals surface area (Å²) >= 11 is 1.37. The lowest BCUT2D eigenvalue weighted by atomic mass is 10.1. The van der Waals surface area contributed by atoms with Crippen LogP contribution in [0, 0.1) is 13.8 Å². The smallest absolute Gasteiger partial charge is 0.234 e. The Balaban J connectivity index is 2.25. The summed E-state index contributed by atoms with van der Waals surface area (Å²) in [5, 5.41) is 23.0. The summed E-state index contributed by atoms with van der Waals surface area (Å²) in [6, 6.07) is 3.44. The van der Waals surface area contributed by atoms with Gasteiger partial charge in [-0.2, -0.15) is 9.61 Å². The van der Waals surface area contributed by atoms with E-state index in [2.05, 4.69) is 15.3 Å². The van der Waals surface area contributed by atoms with E-state index in [1.165, 1.54) is 11.3 Å². The second-order valence-corrected chi connectivity index (χ2v) is 5.04. The van der Waals surface area contributed by atoms with Crippen LogP contribution in [0.3, 0.4) is 0 Å². The molecule has 0 aliphatic rings. The zero-order valence-corrected chi connectivity index (χ0v) is 10.7. The van der Waals surface area contributed by atoms with Crippen molar-refractivity contribution in [2.75, 3.05) is 5.73 Å². The molecule has 0 bridgehead atoms. The van der Waals surface area contributed by atoms with Gasteiger partial charge in [0, 0.05) is 5.69 Å². The van der Waals surface area contributed by atoms with E-state index in [1.807, 2.05) is 6.92 Å². The van der Waals surface area contributed by atoms with E-state index in [9.17, 15) is 5.11 Å². The molecule has 3 N–H and O–H groups in total. The topological polar surface area (TPSA) is 89.3 Å². The largest absolute Gasteiger partial charge is 0.507 e. The van der Waals surface area contributed by atoms with Crippen LogP contribution in [0.15, 0.2) is 12.1 Å². The van der Waals surface area contributed by atoms with E-state index in [-0.39, 0.29) is 5.75 Å². The van der Waals surface area contributed by atoms with Crippen LogP contribution >= 0.6 is 11.3 Å². The SMILES string of the molecule is Cc1cc(N)cc(-c2nn3c(C)nnc3s2)c1O. The normalized spacial score (nSPS) is 11.2. The fourth-order valence-electron chi connectivity index (χ4n) is 1.79. The van der Waals surface area contributed by atoms with Crippen LogP contribution in [0.4, 0.5) is 5.69 Å². The Bertz CT molecular complexity index is 745. The van der Waals surface area contributed by atoms with Crippen molar-refractivity contribution in [3.05, 3.63) is 23.5 Å². The first-order valence-electron chi connectivity index (χ1n) is 5.34. The standard InChI is InChI=1S/C11H11N5OS/c1-5-3-7(12)4-8(9(5)17)10-15-16-6(2)13-14-11(16)18-10/h3-4,17H,12H2,1-2H3. The number of hydrogen-bond acceptors (Lipinski definition) is 6. The number of nitrogens with zero attached hydrogens (tertiary/aromatic N) is 4. The fourth-order valence-corrected chi connectivity index (χ4v) is 2.70. The molecule has 2 heterocycles. The van der Waals surface area contributed by atoms with E-state index < -0.39 is 0 Å². The number of fused-ring (bicyclic) bond motifs is 1. The minimum Gasteiger partial charge on any atom is -0.507 e. The van der Waals surface area contributed by atoms with Crippen molar-refractivity contribution in [3.8, 4) is 16.3 Å². The molecule has 0 spiro atoms. The monoisotopic (exact) mass is 261 g/mol. The molecule has 1 aromatic carbocycles. The van der Waals surface area contributed by atoms with Crippen LogP contribution in [-0.2, 0) is 0 Å². The highest BCUT2D eigenvalue weighted by atomic mass is 32.1. The number of aromatic nitrogens is 4. The highest BCUT2D eigenvalue weighted by Gasteiger charge is 2.15. The van der Waals surface area contributed by atoms with E-state index in [4.69, 9.17) is 5.73 Å². The Labute approximate surface area is 107 Å². The fraction of sp³-hybridized carbons (Fsp3) is 0.182. The Morgan fingerprint density at radius 1 is 1.28 bits per heavy atom. The van der Waals surface area contributed by atoms with Crippen LogP contribution in [0.5, 0.6) is 5.75 Å². The van der Waals surface area contributed by atoms with Gasteiger partial charge in [0.05, 0.1) is 5.56 Å². The van der Waals surface area contributed by atoms with Crippen molar-refractivity contribution >= 4 is 22.0 Å². The van der Waals surface area contributed by atoms with Crippen LogP contribution in [0.25, 0.3) is 15.5 Å². The molecule has 0 saturated heterocycles. The van der Waals surface area contributed by atoms with E-state index in [1.54, 1.807) is 23.6 Å². The molecule has 3 rings (SSSR count). The molecular weight excluding hydrogens is 250 g/mol. The number of anilines is 1. The third-order valence-corrected chi connectivity index (χ3v) is 3.63. The van der Waals surface area contributed by atoms with Gasteiger partial charge < -0.3 is 10.8 Å². The predicted octanol–water partition coefficient (Wildman–Crippen LogP) is 1.76. The maximum absolute atomic E-state index is 10.1. The number of aryl methyl sites for hydroxylation is 2. The maximum Gasteiger partial charge on any atom is 0.234 e. The minimum absolute atomic E-state index is 0.201. The molecule has 0 aliphatic carbocycles. The zero-order valence-electron chi connectivity index (χ0n) is 9.88. The summed E-state index contributed by atoms with van der Waals surface area (Å²) in [6.07, 6.45) is 0. The molecule has 0 aliphatic heterocycles. The molecule has 0 saturated carbocycles. The van der Waals surface area contributed by atoms with Crippen LogP contribution in [0.2, 0.25) is 0 Å². The van der Waals surface area contributed by atoms with Gasteiger partial charge in [-0.25, -0.2) is 0 Å². The van der Waals surface area contributed by atoms with Gasteiger partial charge in [-0.05, 0) is 31.5 Å². The van der Waals surface area contributed by atoms with Crippen molar-refractivity contribution < 1.29 is 5.11 Å². The quantitative estimate of drug-likeness (QED) is 0.514. The lowest BCUT2D eigenvalue weighted by Crippen LogP contribution is -1.91. The molecule has 92 valence electrons. The summed E-state index contributed by atoms with van der Waals surface area (Å²) in [6.45, 7) is 3.63. The average Bonchev–Trinajstić information content (AvgIpc) is 2.86. The Hall–Kier alpha value is -2.15. The number of phenols is 1. The van der Waals surface area contributed by atoms with E-state index in [0.29, 0.717) is 27.0 Å². The Kier molecular flexibility index (Phi) is 2.24. The molecule has 0 radical (unpaired) electrons. The van der Waals surface area contributed by atoms with E-state index in [0.717, 1.165) is 5.56 Å². The molecule has 0 amide bonds. The minimum atomic E-state index is 0.201. The maximum atomic E-state index is 10.1. The lowest BCUT2D eigenvalue weighted by molar-refractivity contribution is 0.473. The first-order chi connectivity index (χ1) is 8.56. The summed E-state index contributed by atoms with van der Waals surface area (Å²) in [5.41, 5.74) is 7.75. The van der Waals surface area contributed by atoms with Crippen molar-refractivity contribution in [2.45, 2.75) is 13.8 Å². The van der Waals surface area contributed by atoms with Crippen molar-refractivity contribution in [1.29, 1.82) is 0 Å². The van der Waals surface area contributed by atoms with Gasteiger partial charge in [0.15, 0.2) is 10.8 Å². The van der Waals surface area contributed by atoms with Gasteiger partial charge in [-0.3, -0.25) is 0 Å². The first kappa shape index (κ1) is 11.0. The Morgan fingerprint density at radius 2 is 2.06 bits per heavy atom. The van der Waals surface area contributed by atoms with Gasteiger partial charge in [-0.1, -0.05) is 11.3 Å². The summed E-state index contributed by atoms with van der Waals surface area (Å²) in [4.78, 5) is 0.696. The van der Waals surface area contributed by atoms with Crippen LogP contribution in [-0.4, -0.2) is 24.9 Å². The van der Waals surface area contributed by atoms with Crippen molar-refractivity contribution in [3.63, 3.8) is 0 Å². The number of hydrogen-bond donors (Lipinski definition) is 2. The molecule has 2 aromatic heterocycles. The third kappa shape index (κ3) is 1.52. The molecule has 7 heteroatoms. The number of benzene rings is 1. The van der Waals surface area contributed by atoms with Gasteiger partial charge in [-0.15, -0.1) is 10.2 Å². The van der Waals surface area contributed by atoms with Crippen LogP contribution in [0.1, 0.15) is 11.4 Å². The number of phenolic OH excluding ortho intramolecular Hbond substituents is 1. The van der Waals surface area contributed by atoms with Gasteiger partial charge in [0.2, 0.25) is 4.96 Å². The second-order valence-electron chi connectivity index (χ2n) is 4.08. The molecule has 6 nitrogen and oxygen atoms in total. The number of aromatic hydroxyl groups is 1. The summed E-state index contributed by atoms with van der Waals surface area (Å²) in [7, 11) is 0. The van der Waals surface area contributed by atoms with Gasteiger partial charge in [0.1, 0.15) is 5.75 Å². The molecule has 0 atom stereocenters. The number of nitrogen functional groups attached to an aromatic ring is 1. The third-order valence-electron chi connectivity index (χ3n) is 2.70. The summed E-state index contributed by atoms with van der Waals surface area (Å²) < 4.78 is 1.65. The average molecular weight is 261 g/mol. The number of rotatable bonds is 1. The molecule has 18 heavy (non-hydrogen) atoms. The highest BCUT2D eigenvalue weighted by Crippen LogP contribution is 2.36. The van der Waals surface area contributed by atoms with Crippen LogP contribution < -0.4 is 5.73 Å². The molecule has 3 aromatic rings. The lowest BCUT2D eigenvalue weighted by Gasteiger charge is -2.05. The number of nitrogens with two attached hydrogens (primary N) is 1. The van der Waals surface area contributed by atoms with Gasteiger partial charge in [0.25, 0.3) is 0 Å². The van der Waals surface area contributed by atoms with Crippen molar-refractivity contribution in [2.24, 2.45) is 0 Å². The zero-order chi connectivity index (χ0) is 12.9. The summed E-state index contributed by atoms with van der Waals surface area (Å²) in [5.74, 6) is 0.916. The Morgan fingerprint density at radius 3 is 2.78 bits per heavy atom. The molecule has 0 fully saturated rings. The predicted molar refractivity (Wildman–Crippen MR) is 69.6 cm³/mol. The van der Waals surface area contributed by atoms with Crippen molar-refractivity contribution in [1.82, 2.24) is 19.8 Å². The van der Waals surface area contributed by atoms with Gasteiger partial charge >= 0.3 is 0 Å².